The van der Waals surface area contributed by atoms with Gasteiger partial charge in [-0.15, -0.1) is 0 Å². The lowest BCUT2D eigenvalue weighted by molar-refractivity contribution is 0.102. The highest BCUT2D eigenvalue weighted by molar-refractivity contribution is 6.04. The molecular formula is C16H20N4O. The van der Waals surface area contributed by atoms with Crippen molar-refractivity contribution in [1.82, 2.24) is 9.97 Å². The van der Waals surface area contributed by atoms with Gasteiger partial charge in [0.05, 0.1) is 11.9 Å². The zero-order valence-corrected chi connectivity index (χ0v) is 12.8. The number of nitrogens with zero attached hydrogens (tertiary/aromatic N) is 2. The number of pyridine rings is 2. The maximum absolute atomic E-state index is 12.3. The Bertz CT molecular complexity index is 657. The maximum atomic E-state index is 12.3. The van der Waals surface area contributed by atoms with E-state index in [2.05, 4.69) is 15.3 Å². The molecule has 0 saturated heterocycles. The van der Waals surface area contributed by atoms with Crippen LogP contribution in [0, 0.1) is 6.92 Å². The number of carbonyl (C=O) groups is 1. The number of aromatic nitrogens is 2. The van der Waals surface area contributed by atoms with Crippen LogP contribution in [0.3, 0.4) is 0 Å². The molecule has 0 aliphatic heterocycles. The Labute approximate surface area is 124 Å². The molecule has 0 atom stereocenters. The lowest BCUT2D eigenvalue weighted by Gasteiger charge is -2.19. The highest BCUT2D eigenvalue weighted by Gasteiger charge is 2.18. The number of nitrogens with two attached hydrogens (primary N) is 1. The number of aryl methyl sites for hydroxylation is 1. The summed E-state index contributed by atoms with van der Waals surface area (Å²) in [4.78, 5) is 20.7. The maximum Gasteiger partial charge on any atom is 0.255 e. The van der Waals surface area contributed by atoms with Crippen molar-refractivity contribution >= 4 is 17.4 Å². The van der Waals surface area contributed by atoms with Crippen LogP contribution in [0.25, 0.3) is 0 Å². The molecular weight excluding hydrogens is 264 g/mol. The molecule has 5 nitrogen and oxygen atoms in total. The average Bonchev–Trinajstić information content (AvgIpc) is 2.39. The SMILES string of the molecule is Cc1ccc(NC(=O)c2cc(N)nc(C(C)(C)C)c2)cn1. The minimum Gasteiger partial charge on any atom is -0.384 e. The molecule has 0 bridgehead atoms. The quantitative estimate of drug-likeness (QED) is 0.888. The van der Waals surface area contributed by atoms with Crippen LogP contribution in [0.5, 0.6) is 0 Å². The van der Waals surface area contributed by atoms with E-state index in [1.165, 1.54) is 0 Å². The van der Waals surface area contributed by atoms with E-state index < -0.39 is 0 Å². The monoisotopic (exact) mass is 284 g/mol. The van der Waals surface area contributed by atoms with Gasteiger partial charge < -0.3 is 11.1 Å². The van der Waals surface area contributed by atoms with Crippen LogP contribution in [0.4, 0.5) is 11.5 Å². The number of amides is 1. The molecule has 3 N–H and O–H groups in total. The van der Waals surface area contributed by atoms with E-state index in [-0.39, 0.29) is 11.3 Å². The minimum atomic E-state index is -0.222. The van der Waals surface area contributed by atoms with Crippen molar-refractivity contribution < 1.29 is 4.79 Å². The normalized spacial score (nSPS) is 11.2. The Morgan fingerprint density at radius 2 is 1.95 bits per heavy atom. The molecule has 2 rings (SSSR count). The smallest absolute Gasteiger partial charge is 0.255 e. The first-order chi connectivity index (χ1) is 9.75. The summed E-state index contributed by atoms with van der Waals surface area (Å²) in [5.41, 5.74) is 8.46. The lowest BCUT2D eigenvalue weighted by atomic mass is 9.90. The molecule has 2 aromatic rings. The third kappa shape index (κ3) is 3.78. The van der Waals surface area contributed by atoms with Crippen LogP contribution in [-0.4, -0.2) is 15.9 Å². The van der Waals surface area contributed by atoms with Gasteiger partial charge in [-0.3, -0.25) is 9.78 Å². The first kappa shape index (κ1) is 15.0. The molecule has 0 spiro atoms. The van der Waals surface area contributed by atoms with Crippen molar-refractivity contribution in [3.05, 3.63) is 47.4 Å². The molecule has 0 aliphatic rings. The van der Waals surface area contributed by atoms with Gasteiger partial charge in [-0.2, -0.15) is 0 Å². The summed E-state index contributed by atoms with van der Waals surface area (Å²) in [6.45, 7) is 7.98. The third-order valence-corrected chi connectivity index (χ3v) is 3.05. The van der Waals surface area contributed by atoms with E-state index in [9.17, 15) is 4.79 Å². The largest absolute Gasteiger partial charge is 0.384 e. The Morgan fingerprint density at radius 1 is 1.24 bits per heavy atom. The predicted molar refractivity (Wildman–Crippen MR) is 84.3 cm³/mol. The molecule has 21 heavy (non-hydrogen) atoms. The van der Waals surface area contributed by atoms with Gasteiger partial charge in [0.2, 0.25) is 0 Å². The van der Waals surface area contributed by atoms with Crippen molar-refractivity contribution in [3.8, 4) is 0 Å². The summed E-state index contributed by atoms with van der Waals surface area (Å²) >= 11 is 0. The first-order valence-corrected chi connectivity index (χ1v) is 6.78. The number of hydrogen-bond donors (Lipinski definition) is 2. The van der Waals surface area contributed by atoms with Gasteiger partial charge in [-0.05, 0) is 31.2 Å². The number of carbonyl (C=O) groups excluding carboxylic acids is 1. The Balaban J connectivity index is 2.27. The second-order valence-electron chi connectivity index (χ2n) is 6.06. The Morgan fingerprint density at radius 3 is 2.52 bits per heavy atom. The van der Waals surface area contributed by atoms with Crippen molar-refractivity contribution in [1.29, 1.82) is 0 Å². The van der Waals surface area contributed by atoms with Crippen molar-refractivity contribution in [3.63, 3.8) is 0 Å². The van der Waals surface area contributed by atoms with E-state index in [0.717, 1.165) is 11.4 Å². The van der Waals surface area contributed by atoms with Gasteiger partial charge in [0, 0.05) is 22.4 Å². The predicted octanol–water partition coefficient (Wildman–Crippen LogP) is 2.92. The number of nitrogen functional groups attached to an aromatic ring is 1. The van der Waals surface area contributed by atoms with Gasteiger partial charge in [-0.25, -0.2) is 4.98 Å². The van der Waals surface area contributed by atoms with Gasteiger partial charge in [-0.1, -0.05) is 20.8 Å². The molecule has 5 heteroatoms. The van der Waals surface area contributed by atoms with E-state index in [4.69, 9.17) is 5.73 Å². The van der Waals surface area contributed by atoms with Crippen LogP contribution < -0.4 is 11.1 Å². The molecule has 0 aliphatic carbocycles. The van der Waals surface area contributed by atoms with Crippen LogP contribution in [0.2, 0.25) is 0 Å². The van der Waals surface area contributed by atoms with Crippen LogP contribution in [0.1, 0.15) is 42.5 Å². The fraction of sp³-hybridized carbons (Fsp3) is 0.312. The van der Waals surface area contributed by atoms with E-state index in [1.54, 1.807) is 18.3 Å². The number of anilines is 2. The summed E-state index contributed by atoms with van der Waals surface area (Å²) in [6, 6.07) is 7.01. The summed E-state index contributed by atoms with van der Waals surface area (Å²) < 4.78 is 0. The molecule has 2 heterocycles. The zero-order chi connectivity index (χ0) is 15.6. The van der Waals surface area contributed by atoms with E-state index in [1.807, 2.05) is 39.8 Å². The number of hydrogen-bond acceptors (Lipinski definition) is 4. The van der Waals surface area contributed by atoms with Crippen LogP contribution >= 0.6 is 0 Å². The first-order valence-electron chi connectivity index (χ1n) is 6.78. The third-order valence-electron chi connectivity index (χ3n) is 3.05. The standard InChI is InChI=1S/C16H20N4O/c1-10-5-6-12(9-18-10)19-15(21)11-7-13(16(2,3)4)20-14(17)8-11/h5-9H,1-4H3,(H2,17,20)(H,19,21). The fourth-order valence-electron chi connectivity index (χ4n) is 1.81. The van der Waals surface area contributed by atoms with Gasteiger partial charge in [0.1, 0.15) is 5.82 Å². The Kier molecular flexibility index (Phi) is 3.93. The molecule has 0 aromatic carbocycles. The highest BCUT2D eigenvalue weighted by Crippen LogP contribution is 2.23. The van der Waals surface area contributed by atoms with E-state index in [0.29, 0.717) is 17.1 Å². The summed E-state index contributed by atoms with van der Waals surface area (Å²) in [5, 5.41) is 2.81. The van der Waals surface area contributed by atoms with Crippen LogP contribution in [0.15, 0.2) is 30.5 Å². The van der Waals surface area contributed by atoms with Crippen molar-refractivity contribution in [2.75, 3.05) is 11.1 Å². The molecule has 0 saturated carbocycles. The molecule has 2 aromatic heterocycles. The van der Waals surface area contributed by atoms with E-state index >= 15 is 0 Å². The molecule has 110 valence electrons. The van der Waals surface area contributed by atoms with Gasteiger partial charge in [0.15, 0.2) is 0 Å². The summed E-state index contributed by atoms with van der Waals surface area (Å²) in [7, 11) is 0. The lowest BCUT2D eigenvalue weighted by Crippen LogP contribution is -2.18. The minimum absolute atomic E-state index is 0.171. The molecule has 1 amide bonds. The van der Waals surface area contributed by atoms with Crippen molar-refractivity contribution in [2.45, 2.75) is 33.1 Å². The summed E-state index contributed by atoms with van der Waals surface area (Å²) in [6.07, 6.45) is 1.63. The molecule has 0 radical (unpaired) electrons. The molecule has 0 fully saturated rings. The van der Waals surface area contributed by atoms with Crippen molar-refractivity contribution in [2.24, 2.45) is 0 Å². The van der Waals surface area contributed by atoms with Crippen LogP contribution in [-0.2, 0) is 5.41 Å². The second kappa shape index (κ2) is 5.52. The Hall–Kier alpha value is -2.43. The number of nitrogens with one attached hydrogen (secondary N) is 1. The second-order valence-corrected chi connectivity index (χ2v) is 6.06. The fourth-order valence-corrected chi connectivity index (χ4v) is 1.81. The highest BCUT2D eigenvalue weighted by atomic mass is 16.1. The molecule has 0 unspecified atom stereocenters. The van der Waals surface area contributed by atoms with Gasteiger partial charge in [0.25, 0.3) is 5.91 Å². The van der Waals surface area contributed by atoms with Gasteiger partial charge >= 0.3 is 0 Å². The summed E-state index contributed by atoms with van der Waals surface area (Å²) in [5.74, 6) is 0.120. The topological polar surface area (TPSA) is 80.9 Å². The zero-order valence-electron chi connectivity index (χ0n) is 12.8. The average molecular weight is 284 g/mol. The number of rotatable bonds is 2.